The van der Waals surface area contributed by atoms with E-state index in [-0.39, 0.29) is 18.6 Å². The Morgan fingerprint density at radius 3 is 2.62 bits per heavy atom. The number of carbonyl (C=O) groups excluding carboxylic acids is 1. The second kappa shape index (κ2) is 5.58. The predicted molar refractivity (Wildman–Crippen MR) is 55.8 cm³/mol. The molecule has 4 unspecified atom stereocenters. The average Bonchev–Trinajstić information content (AvgIpc) is 2.23. The highest BCUT2D eigenvalue weighted by Gasteiger charge is 2.43. The van der Waals surface area contributed by atoms with Crippen LogP contribution in [0, 0.1) is 0 Å². The molecule has 0 aromatic rings. The first-order valence-corrected chi connectivity index (χ1v) is 5.25. The second-order valence-electron chi connectivity index (χ2n) is 3.98. The molecule has 5 atom stereocenters. The number of hydrogen-bond donors (Lipinski definition) is 3. The third kappa shape index (κ3) is 2.70. The molecule has 1 rings (SSSR count). The highest BCUT2D eigenvalue weighted by molar-refractivity contribution is 5.73. The van der Waals surface area contributed by atoms with E-state index in [0.717, 1.165) is 0 Å². The molecule has 0 aromatic carbocycles. The summed E-state index contributed by atoms with van der Waals surface area (Å²) < 4.78 is 10.6. The van der Waals surface area contributed by atoms with Gasteiger partial charge in [-0.3, -0.25) is 4.79 Å². The molecule has 6 nitrogen and oxygen atoms in total. The standard InChI is InChI=1S/C10H19NO5/c1-5-8(11-6(2)13)10(15-3)9(14)7(4-12)16-5/h5,7-10,12,14H,4H2,1-3H3,(H,11,13)/t5?,7?,8?,9-,10?/m1/s1. The minimum Gasteiger partial charge on any atom is -0.394 e. The van der Waals surface area contributed by atoms with E-state index in [4.69, 9.17) is 14.6 Å². The van der Waals surface area contributed by atoms with Gasteiger partial charge in [-0.1, -0.05) is 0 Å². The van der Waals surface area contributed by atoms with Gasteiger partial charge in [0.1, 0.15) is 18.3 Å². The summed E-state index contributed by atoms with van der Waals surface area (Å²) in [5, 5.41) is 21.6. The fourth-order valence-electron chi connectivity index (χ4n) is 2.00. The van der Waals surface area contributed by atoms with E-state index in [1.807, 2.05) is 0 Å². The monoisotopic (exact) mass is 233 g/mol. The highest BCUT2D eigenvalue weighted by Crippen LogP contribution is 2.22. The van der Waals surface area contributed by atoms with E-state index in [2.05, 4.69) is 5.32 Å². The number of carbonyl (C=O) groups is 1. The number of hydrogen-bond acceptors (Lipinski definition) is 5. The SMILES string of the molecule is COC1C(NC(C)=O)C(C)OC(CO)[C@H]1O. The molecule has 1 amide bonds. The highest BCUT2D eigenvalue weighted by atomic mass is 16.5. The van der Waals surface area contributed by atoms with Crippen molar-refractivity contribution in [3.8, 4) is 0 Å². The maximum absolute atomic E-state index is 11.0. The molecule has 1 aliphatic heterocycles. The van der Waals surface area contributed by atoms with Crippen LogP contribution in [0.3, 0.4) is 0 Å². The minimum absolute atomic E-state index is 0.211. The van der Waals surface area contributed by atoms with Gasteiger partial charge in [0.05, 0.1) is 18.8 Å². The number of aliphatic hydroxyl groups excluding tert-OH is 2. The summed E-state index contributed by atoms with van der Waals surface area (Å²) in [6.07, 6.45) is -2.53. The first-order chi connectivity index (χ1) is 7.51. The van der Waals surface area contributed by atoms with Gasteiger partial charge in [-0.15, -0.1) is 0 Å². The van der Waals surface area contributed by atoms with Crippen LogP contribution in [0.1, 0.15) is 13.8 Å². The molecule has 94 valence electrons. The molecule has 3 N–H and O–H groups in total. The lowest BCUT2D eigenvalue weighted by Crippen LogP contribution is -2.63. The zero-order valence-corrected chi connectivity index (χ0v) is 9.71. The molecule has 0 spiro atoms. The minimum atomic E-state index is -0.956. The van der Waals surface area contributed by atoms with Crippen molar-refractivity contribution in [2.24, 2.45) is 0 Å². The average molecular weight is 233 g/mol. The van der Waals surface area contributed by atoms with Crippen molar-refractivity contribution in [2.45, 2.75) is 44.3 Å². The van der Waals surface area contributed by atoms with Crippen LogP contribution in [0.5, 0.6) is 0 Å². The predicted octanol–water partition coefficient (Wildman–Crippen LogP) is -1.35. The van der Waals surface area contributed by atoms with Crippen molar-refractivity contribution >= 4 is 5.91 Å². The summed E-state index contributed by atoms with van der Waals surface area (Å²) in [5.74, 6) is -0.211. The fourth-order valence-corrected chi connectivity index (χ4v) is 2.00. The van der Waals surface area contributed by atoms with Crippen molar-refractivity contribution in [2.75, 3.05) is 13.7 Å². The Kier molecular flexibility index (Phi) is 4.67. The number of aliphatic hydroxyl groups is 2. The van der Waals surface area contributed by atoms with Crippen LogP contribution >= 0.6 is 0 Å². The zero-order valence-electron chi connectivity index (χ0n) is 9.71. The van der Waals surface area contributed by atoms with Gasteiger partial charge in [-0.05, 0) is 6.92 Å². The lowest BCUT2D eigenvalue weighted by Gasteiger charge is -2.42. The third-order valence-corrected chi connectivity index (χ3v) is 2.79. The molecule has 1 fully saturated rings. The van der Waals surface area contributed by atoms with Gasteiger partial charge in [0, 0.05) is 14.0 Å². The number of rotatable bonds is 3. The third-order valence-electron chi connectivity index (χ3n) is 2.79. The van der Waals surface area contributed by atoms with E-state index in [0.29, 0.717) is 0 Å². The van der Waals surface area contributed by atoms with Crippen LogP contribution in [0.2, 0.25) is 0 Å². The Balaban J connectivity index is 2.78. The molecule has 0 saturated carbocycles. The quantitative estimate of drug-likeness (QED) is 0.561. The summed E-state index contributed by atoms with van der Waals surface area (Å²) in [5.41, 5.74) is 0. The molecule has 6 heteroatoms. The van der Waals surface area contributed by atoms with E-state index >= 15 is 0 Å². The normalized spacial score (nSPS) is 39.4. The molecule has 0 radical (unpaired) electrons. The first-order valence-electron chi connectivity index (χ1n) is 5.25. The van der Waals surface area contributed by atoms with Crippen LogP contribution in [0.15, 0.2) is 0 Å². The van der Waals surface area contributed by atoms with Crippen LogP contribution in [-0.2, 0) is 14.3 Å². The summed E-state index contributed by atoms with van der Waals surface area (Å²) in [7, 11) is 1.45. The summed E-state index contributed by atoms with van der Waals surface area (Å²) >= 11 is 0. The number of nitrogens with one attached hydrogen (secondary N) is 1. The Hall–Kier alpha value is -0.690. The van der Waals surface area contributed by atoms with Crippen molar-refractivity contribution in [3.63, 3.8) is 0 Å². The Labute approximate surface area is 94.5 Å². The van der Waals surface area contributed by atoms with Gasteiger partial charge < -0.3 is 25.0 Å². The van der Waals surface area contributed by atoms with Gasteiger partial charge in [-0.25, -0.2) is 0 Å². The number of methoxy groups -OCH3 is 1. The second-order valence-corrected chi connectivity index (χ2v) is 3.98. The number of amides is 1. The maximum atomic E-state index is 11.0. The summed E-state index contributed by atoms with van der Waals surface area (Å²) in [4.78, 5) is 11.0. The molecule has 0 aliphatic carbocycles. The van der Waals surface area contributed by atoms with Crippen LogP contribution in [0.4, 0.5) is 0 Å². The maximum Gasteiger partial charge on any atom is 0.217 e. The Morgan fingerprint density at radius 1 is 1.56 bits per heavy atom. The molecule has 16 heavy (non-hydrogen) atoms. The summed E-state index contributed by atoms with van der Waals surface area (Å²) in [6, 6.07) is -0.416. The van der Waals surface area contributed by atoms with Gasteiger partial charge in [-0.2, -0.15) is 0 Å². The van der Waals surface area contributed by atoms with Crippen molar-refractivity contribution in [1.82, 2.24) is 5.32 Å². The molecule has 1 saturated heterocycles. The Morgan fingerprint density at radius 2 is 2.19 bits per heavy atom. The van der Waals surface area contributed by atoms with E-state index in [1.165, 1.54) is 14.0 Å². The van der Waals surface area contributed by atoms with Crippen LogP contribution < -0.4 is 5.32 Å². The summed E-state index contributed by atoms with van der Waals surface area (Å²) in [6.45, 7) is 2.88. The zero-order chi connectivity index (χ0) is 12.3. The van der Waals surface area contributed by atoms with Gasteiger partial charge in [0.15, 0.2) is 0 Å². The first kappa shape index (κ1) is 13.4. The molecular formula is C10H19NO5. The molecule has 0 aromatic heterocycles. The van der Waals surface area contributed by atoms with Crippen molar-refractivity contribution < 1.29 is 24.5 Å². The largest absolute Gasteiger partial charge is 0.394 e. The molecule has 1 aliphatic rings. The number of ether oxygens (including phenoxy) is 2. The van der Waals surface area contributed by atoms with E-state index < -0.39 is 24.4 Å². The lowest BCUT2D eigenvalue weighted by molar-refractivity contribution is -0.197. The topological polar surface area (TPSA) is 88.0 Å². The molecule has 1 heterocycles. The molecule has 0 bridgehead atoms. The van der Waals surface area contributed by atoms with Gasteiger partial charge in [0.2, 0.25) is 5.91 Å². The van der Waals surface area contributed by atoms with Crippen molar-refractivity contribution in [3.05, 3.63) is 0 Å². The van der Waals surface area contributed by atoms with Crippen LogP contribution in [0.25, 0.3) is 0 Å². The van der Waals surface area contributed by atoms with Crippen LogP contribution in [-0.4, -0.2) is 60.3 Å². The fraction of sp³-hybridized carbons (Fsp3) is 0.900. The van der Waals surface area contributed by atoms with Gasteiger partial charge in [0.25, 0.3) is 0 Å². The molecular weight excluding hydrogens is 214 g/mol. The van der Waals surface area contributed by atoms with Gasteiger partial charge >= 0.3 is 0 Å². The Bertz CT molecular complexity index is 247. The lowest BCUT2D eigenvalue weighted by atomic mass is 9.93. The van der Waals surface area contributed by atoms with E-state index in [9.17, 15) is 9.90 Å². The van der Waals surface area contributed by atoms with E-state index in [1.54, 1.807) is 6.92 Å². The smallest absolute Gasteiger partial charge is 0.217 e. The van der Waals surface area contributed by atoms with Crippen molar-refractivity contribution in [1.29, 1.82) is 0 Å².